The first-order valence-electron chi connectivity index (χ1n) is 8.76. The fourth-order valence-corrected chi connectivity index (χ4v) is 5.17. The first kappa shape index (κ1) is 18.1. The summed E-state index contributed by atoms with van der Waals surface area (Å²) >= 11 is 0. The number of amides is 1. The minimum absolute atomic E-state index is 0.0266. The van der Waals surface area contributed by atoms with Crippen LogP contribution < -0.4 is 0 Å². The molecular formula is C19H20FN3O3S. The average Bonchev–Trinajstić information content (AvgIpc) is 3.19. The van der Waals surface area contributed by atoms with Gasteiger partial charge < -0.3 is 4.90 Å². The van der Waals surface area contributed by atoms with Gasteiger partial charge in [0.05, 0.1) is 12.3 Å². The molecule has 2 fully saturated rings. The van der Waals surface area contributed by atoms with Crippen molar-refractivity contribution < 1.29 is 17.6 Å². The molecule has 142 valence electrons. The first-order chi connectivity index (χ1) is 12.8. The largest absolute Gasteiger partial charge is 0.331 e. The van der Waals surface area contributed by atoms with Crippen molar-refractivity contribution in [3.05, 3.63) is 65.7 Å². The molecule has 3 heterocycles. The summed E-state index contributed by atoms with van der Waals surface area (Å²) in [6.07, 6.45) is 4.32. The zero-order valence-corrected chi connectivity index (χ0v) is 15.6. The Balaban J connectivity index is 1.71. The second-order valence-electron chi connectivity index (χ2n) is 7.20. The summed E-state index contributed by atoms with van der Waals surface area (Å²) in [6, 6.07) is 9.16. The molecule has 1 aromatic carbocycles. The molecule has 2 aliphatic heterocycles. The number of nitrogens with zero attached hydrogens (tertiary/aromatic N) is 3. The zero-order chi connectivity index (χ0) is 19.2. The minimum Gasteiger partial charge on any atom is -0.331 e. The van der Waals surface area contributed by atoms with Crippen LogP contribution in [0, 0.1) is 17.7 Å². The number of fused-ring (bicyclic) bond motifs is 1. The quantitative estimate of drug-likeness (QED) is 0.804. The predicted molar refractivity (Wildman–Crippen MR) is 97.8 cm³/mol. The predicted octanol–water partition coefficient (Wildman–Crippen LogP) is 1.93. The summed E-state index contributed by atoms with van der Waals surface area (Å²) in [4.78, 5) is 18.8. The van der Waals surface area contributed by atoms with Gasteiger partial charge in [-0.3, -0.25) is 9.78 Å². The third-order valence-corrected chi connectivity index (χ3v) is 6.71. The Labute approximate surface area is 157 Å². The van der Waals surface area contributed by atoms with Crippen molar-refractivity contribution in [3.8, 4) is 0 Å². The maximum atomic E-state index is 13.9. The van der Waals surface area contributed by atoms with E-state index in [1.165, 1.54) is 22.7 Å². The Bertz CT molecular complexity index is 967. The lowest BCUT2D eigenvalue weighted by molar-refractivity contribution is 0.0708. The topological polar surface area (TPSA) is 70.6 Å². The van der Waals surface area contributed by atoms with Crippen LogP contribution in [0.2, 0.25) is 0 Å². The van der Waals surface area contributed by atoms with E-state index in [0.717, 1.165) is 0 Å². The molecule has 2 saturated heterocycles. The lowest BCUT2D eigenvalue weighted by atomic mass is 9.89. The van der Waals surface area contributed by atoms with Gasteiger partial charge in [0, 0.05) is 43.5 Å². The van der Waals surface area contributed by atoms with Crippen LogP contribution in [0.15, 0.2) is 48.8 Å². The monoisotopic (exact) mass is 389 g/mol. The van der Waals surface area contributed by atoms with Gasteiger partial charge in [-0.25, -0.2) is 17.1 Å². The van der Waals surface area contributed by atoms with E-state index < -0.39 is 10.0 Å². The molecule has 2 aromatic rings. The summed E-state index contributed by atoms with van der Waals surface area (Å²) in [5, 5.41) is 0. The van der Waals surface area contributed by atoms with Crippen LogP contribution in [0.1, 0.15) is 22.0 Å². The van der Waals surface area contributed by atoms with Crippen LogP contribution in [0.25, 0.3) is 0 Å². The number of hydrogen-bond donors (Lipinski definition) is 0. The van der Waals surface area contributed by atoms with E-state index in [0.29, 0.717) is 30.8 Å². The number of hydrogen-bond acceptors (Lipinski definition) is 4. The Morgan fingerprint density at radius 2 is 1.89 bits per heavy atom. The molecule has 27 heavy (non-hydrogen) atoms. The third kappa shape index (κ3) is 3.35. The smallest absolute Gasteiger partial charge is 0.254 e. The Morgan fingerprint density at radius 3 is 2.56 bits per heavy atom. The number of halogens is 1. The van der Waals surface area contributed by atoms with Gasteiger partial charge in [-0.15, -0.1) is 0 Å². The van der Waals surface area contributed by atoms with Crippen molar-refractivity contribution >= 4 is 15.9 Å². The Hall–Kier alpha value is -2.32. The summed E-state index contributed by atoms with van der Waals surface area (Å²) in [7, 11) is -3.30. The number of carbonyl (C=O) groups is 1. The van der Waals surface area contributed by atoms with E-state index in [-0.39, 0.29) is 29.6 Å². The molecule has 0 radical (unpaired) electrons. The van der Waals surface area contributed by atoms with Gasteiger partial charge in [-0.1, -0.05) is 12.1 Å². The number of aromatic nitrogens is 1. The molecule has 0 N–H and O–H groups in total. The van der Waals surface area contributed by atoms with Gasteiger partial charge in [0.25, 0.3) is 5.91 Å². The number of sulfonamides is 1. The number of pyridine rings is 1. The van der Waals surface area contributed by atoms with E-state index in [1.54, 1.807) is 41.6 Å². The number of likely N-dealkylation sites (tertiary alicyclic amines) is 1. The van der Waals surface area contributed by atoms with Crippen molar-refractivity contribution in [1.29, 1.82) is 0 Å². The molecule has 4 rings (SSSR count). The van der Waals surface area contributed by atoms with E-state index in [2.05, 4.69) is 4.98 Å². The fraction of sp³-hybridized carbons (Fsp3) is 0.368. The number of rotatable bonds is 3. The normalized spacial score (nSPS) is 25.6. The van der Waals surface area contributed by atoms with E-state index >= 15 is 0 Å². The van der Waals surface area contributed by atoms with Crippen LogP contribution in [0.3, 0.4) is 0 Å². The van der Waals surface area contributed by atoms with Crippen molar-refractivity contribution in [2.75, 3.05) is 25.9 Å². The fourth-order valence-electron chi connectivity index (χ4n) is 4.26. The molecule has 0 saturated carbocycles. The number of carbonyl (C=O) groups excluding carboxylic acids is 1. The third-order valence-electron chi connectivity index (χ3n) is 5.48. The van der Waals surface area contributed by atoms with Crippen LogP contribution in [0.4, 0.5) is 4.39 Å². The van der Waals surface area contributed by atoms with Crippen molar-refractivity contribution in [1.82, 2.24) is 14.2 Å². The van der Waals surface area contributed by atoms with Gasteiger partial charge in [0.1, 0.15) is 5.82 Å². The van der Waals surface area contributed by atoms with Gasteiger partial charge in [-0.2, -0.15) is 0 Å². The maximum Gasteiger partial charge on any atom is 0.254 e. The highest BCUT2D eigenvalue weighted by Gasteiger charge is 2.50. The number of benzene rings is 1. The van der Waals surface area contributed by atoms with Crippen LogP contribution in [0.5, 0.6) is 0 Å². The van der Waals surface area contributed by atoms with Gasteiger partial charge in [0.15, 0.2) is 0 Å². The van der Waals surface area contributed by atoms with Crippen LogP contribution >= 0.6 is 0 Å². The molecular weight excluding hydrogens is 369 g/mol. The highest BCUT2D eigenvalue weighted by molar-refractivity contribution is 7.88. The lowest BCUT2D eigenvalue weighted by Crippen LogP contribution is -2.37. The molecule has 8 heteroatoms. The summed E-state index contributed by atoms with van der Waals surface area (Å²) in [6.45, 7) is 1.17. The van der Waals surface area contributed by atoms with E-state index in [4.69, 9.17) is 0 Å². The maximum absolute atomic E-state index is 13.9. The second-order valence-corrected chi connectivity index (χ2v) is 9.18. The molecule has 0 aliphatic carbocycles. The molecule has 1 aromatic heterocycles. The molecule has 2 aliphatic rings. The minimum atomic E-state index is -3.30. The van der Waals surface area contributed by atoms with Gasteiger partial charge in [-0.05, 0) is 35.7 Å². The SMILES string of the molecule is CS(=O)(=O)N1C[C@H]2CN(C(=O)c3ccncc3)[C@H](c3cccc(F)c3)[C@H]2C1. The molecule has 1 amide bonds. The highest BCUT2D eigenvalue weighted by atomic mass is 32.2. The second kappa shape index (κ2) is 6.69. The van der Waals surface area contributed by atoms with Crippen LogP contribution in [-0.2, 0) is 10.0 Å². The van der Waals surface area contributed by atoms with E-state index in [9.17, 15) is 17.6 Å². The summed E-state index contributed by atoms with van der Waals surface area (Å²) in [5.74, 6) is -0.553. The molecule has 6 nitrogen and oxygen atoms in total. The standard InChI is InChI=1S/C19H20FN3O3S/c1-27(25,26)22-10-15-11-23(19(24)13-5-7-21-8-6-13)18(17(15)12-22)14-3-2-4-16(20)9-14/h2-9,15,17-18H,10-12H2,1H3/t15-,17-,18+/m0/s1. The molecule has 0 spiro atoms. The first-order valence-corrected chi connectivity index (χ1v) is 10.6. The van der Waals surface area contributed by atoms with Crippen LogP contribution in [-0.4, -0.2) is 54.4 Å². The van der Waals surface area contributed by atoms with Crippen molar-refractivity contribution in [3.63, 3.8) is 0 Å². The average molecular weight is 389 g/mol. The molecule has 3 atom stereocenters. The Morgan fingerprint density at radius 1 is 1.15 bits per heavy atom. The highest BCUT2D eigenvalue weighted by Crippen LogP contribution is 2.46. The Kier molecular flexibility index (Phi) is 4.47. The molecule has 0 unspecified atom stereocenters. The van der Waals surface area contributed by atoms with E-state index in [1.807, 2.05) is 0 Å². The zero-order valence-electron chi connectivity index (χ0n) is 14.8. The summed E-state index contributed by atoms with van der Waals surface area (Å²) in [5.41, 5.74) is 1.21. The van der Waals surface area contributed by atoms with Gasteiger partial charge in [0.2, 0.25) is 10.0 Å². The lowest BCUT2D eigenvalue weighted by Gasteiger charge is -2.29. The van der Waals surface area contributed by atoms with Gasteiger partial charge >= 0.3 is 0 Å². The molecule has 0 bridgehead atoms. The van der Waals surface area contributed by atoms with Crippen molar-refractivity contribution in [2.45, 2.75) is 6.04 Å². The summed E-state index contributed by atoms with van der Waals surface area (Å²) < 4.78 is 39.3. The van der Waals surface area contributed by atoms with Crippen molar-refractivity contribution in [2.24, 2.45) is 11.8 Å².